The van der Waals surface area contributed by atoms with Gasteiger partial charge < -0.3 is 4.74 Å². The number of hydrogen-bond donors (Lipinski definition) is 1. The molecule has 2 fully saturated rings. The van der Waals surface area contributed by atoms with Crippen molar-refractivity contribution < 1.29 is 13.2 Å². The third-order valence-corrected chi connectivity index (χ3v) is 6.75. The van der Waals surface area contributed by atoms with Crippen LogP contribution >= 0.6 is 0 Å². The maximum Gasteiger partial charge on any atom is 0.279 e. The largest absolute Gasteiger partial charge is 0.383 e. The molecule has 0 spiro atoms. The van der Waals surface area contributed by atoms with Gasteiger partial charge in [-0.25, -0.2) is 0 Å². The summed E-state index contributed by atoms with van der Waals surface area (Å²) in [4.78, 5) is 2.24. The van der Waals surface area contributed by atoms with Crippen molar-refractivity contribution >= 4 is 10.2 Å². The van der Waals surface area contributed by atoms with Gasteiger partial charge in [0.2, 0.25) is 0 Å². The molecule has 1 N–H and O–H groups in total. The topological polar surface area (TPSA) is 61.9 Å². The number of ether oxygens (including phenoxy) is 1. The highest BCUT2D eigenvalue weighted by molar-refractivity contribution is 7.87. The number of rotatable bonds is 7. The molecule has 3 atom stereocenters. The molecule has 0 amide bonds. The third kappa shape index (κ3) is 3.97. The highest BCUT2D eigenvalue weighted by Crippen LogP contribution is 2.47. The number of nitrogens with zero attached hydrogens (tertiary/aromatic N) is 2. The Hall–Kier alpha value is -0.990. The van der Waals surface area contributed by atoms with Gasteiger partial charge in [-0.1, -0.05) is 37.3 Å². The minimum Gasteiger partial charge on any atom is -0.383 e. The molecule has 1 saturated heterocycles. The molecule has 3 rings (SSSR count). The monoisotopic (exact) mass is 353 g/mol. The van der Waals surface area contributed by atoms with Crippen molar-refractivity contribution in [2.24, 2.45) is 5.92 Å². The number of hydrogen-bond acceptors (Lipinski definition) is 4. The quantitative estimate of drug-likeness (QED) is 0.791. The number of piperazine rings is 1. The average molecular weight is 353 g/mol. The van der Waals surface area contributed by atoms with Gasteiger partial charge in [0.1, 0.15) is 0 Å². The van der Waals surface area contributed by atoms with E-state index < -0.39 is 10.2 Å². The Labute approximate surface area is 145 Å². The second-order valence-electron chi connectivity index (χ2n) is 6.68. The maximum atomic E-state index is 12.7. The minimum absolute atomic E-state index is 0.00363. The Morgan fingerprint density at radius 2 is 1.83 bits per heavy atom. The lowest BCUT2D eigenvalue weighted by atomic mass is 10.1. The summed E-state index contributed by atoms with van der Waals surface area (Å²) in [7, 11) is -1.73. The van der Waals surface area contributed by atoms with E-state index in [2.05, 4.69) is 28.7 Å². The summed E-state index contributed by atoms with van der Waals surface area (Å²) in [5.74, 6) is 0.620. The lowest BCUT2D eigenvalue weighted by Gasteiger charge is -2.33. The van der Waals surface area contributed by atoms with Crippen LogP contribution in [0.5, 0.6) is 0 Å². The number of nitrogens with one attached hydrogen (secondary N) is 1. The van der Waals surface area contributed by atoms with Crippen molar-refractivity contribution in [3.05, 3.63) is 35.9 Å². The van der Waals surface area contributed by atoms with Gasteiger partial charge in [-0.15, -0.1) is 0 Å². The number of benzene rings is 1. The fourth-order valence-electron chi connectivity index (χ4n) is 3.49. The lowest BCUT2D eigenvalue weighted by Crippen LogP contribution is -2.53. The van der Waals surface area contributed by atoms with Gasteiger partial charge in [-0.2, -0.15) is 17.4 Å². The van der Waals surface area contributed by atoms with E-state index in [0.29, 0.717) is 25.6 Å². The van der Waals surface area contributed by atoms with Crippen molar-refractivity contribution in [3.8, 4) is 0 Å². The zero-order chi connectivity index (χ0) is 17.2. The molecular weight excluding hydrogens is 326 g/mol. The lowest BCUT2D eigenvalue weighted by molar-refractivity contribution is 0.123. The van der Waals surface area contributed by atoms with Crippen LogP contribution in [-0.4, -0.2) is 70.1 Å². The van der Waals surface area contributed by atoms with Crippen LogP contribution < -0.4 is 4.72 Å². The highest BCUT2D eigenvalue weighted by atomic mass is 32.2. The van der Waals surface area contributed by atoms with Gasteiger partial charge >= 0.3 is 0 Å². The first-order chi connectivity index (χ1) is 11.5. The fraction of sp³-hybridized carbons (Fsp3) is 0.647. The molecule has 0 radical (unpaired) electrons. The summed E-state index contributed by atoms with van der Waals surface area (Å²) in [6, 6.07) is 10.1. The van der Waals surface area contributed by atoms with Crippen LogP contribution in [0, 0.1) is 5.92 Å². The first-order valence-corrected chi connectivity index (χ1v) is 10.0. The second-order valence-corrected chi connectivity index (χ2v) is 8.38. The second kappa shape index (κ2) is 7.49. The van der Waals surface area contributed by atoms with Crippen LogP contribution in [0.4, 0.5) is 0 Å². The van der Waals surface area contributed by atoms with E-state index in [1.54, 1.807) is 11.4 Å². The van der Waals surface area contributed by atoms with E-state index in [0.717, 1.165) is 19.6 Å². The predicted octanol–water partition coefficient (Wildman–Crippen LogP) is 0.887. The molecule has 134 valence electrons. The van der Waals surface area contributed by atoms with Gasteiger partial charge in [-0.05, 0) is 11.5 Å². The van der Waals surface area contributed by atoms with E-state index in [1.165, 1.54) is 5.56 Å². The molecule has 0 unspecified atom stereocenters. The first-order valence-electron chi connectivity index (χ1n) is 8.56. The predicted molar refractivity (Wildman–Crippen MR) is 94.1 cm³/mol. The van der Waals surface area contributed by atoms with Crippen LogP contribution in [0.1, 0.15) is 18.4 Å². The molecule has 7 heteroatoms. The number of methoxy groups -OCH3 is 1. The summed E-state index contributed by atoms with van der Waals surface area (Å²) in [5.41, 5.74) is 1.21. The van der Waals surface area contributed by atoms with E-state index >= 15 is 0 Å². The standard InChI is InChI=1S/C17H27N3O3S/c1-14-16(15-6-4-3-5-7-15)17(14)18-24(21,22)20-10-8-19(9-11-20)12-13-23-2/h3-7,14,16-18H,8-13H2,1-2H3/t14-,16-,17+/m1/s1. The van der Waals surface area contributed by atoms with Crippen LogP contribution in [0.15, 0.2) is 30.3 Å². The van der Waals surface area contributed by atoms with Crippen molar-refractivity contribution in [1.29, 1.82) is 0 Å². The van der Waals surface area contributed by atoms with Gasteiger partial charge in [-0.3, -0.25) is 4.90 Å². The highest BCUT2D eigenvalue weighted by Gasteiger charge is 2.50. The minimum atomic E-state index is -3.41. The average Bonchev–Trinajstić information content (AvgIpc) is 3.22. The summed E-state index contributed by atoms with van der Waals surface area (Å²) in [6.45, 7) is 6.23. The van der Waals surface area contributed by atoms with Crippen LogP contribution in [0.2, 0.25) is 0 Å². The Morgan fingerprint density at radius 1 is 1.17 bits per heavy atom. The molecule has 0 bridgehead atoms. The SMILES string of the molecule is COCCN1CCN(S(=O)(=O)N[C@H]2[C@H](C)[C@@H]2c2ccccc2)CC1. The molecule has 1 heterocycles. The van der Waals surface area contributed by atoms with Gasteiger partial charge in [0, 0.05) is 51.8 Å². The normalized spacial score (nSPS) is 28.8. The summed E-state index contributed by atoms with van der Waals surface area (Å²) in [5, 5.41) is 0. The Kier molecular flexibility index (Phi) is 5.56. The van der Waals surface area contributed by atoms with Crippen molar-refractivity contribution in [1.82, 2.24) is 13.9 Å². The summed E-state index contributed by atoms with van der Waals surface area (Å²) >= 11 is 0. The molecule has 2 aliphatic rings. The molecule has 1 aromatic carbocycles. The van der Waals surface area contributed by atoms with Crippen LogP contribution in [0.3, 0.4) is 0 Å². The van der Waals surface area contributed by atoms with Gasteiger partial charge in [0.25, 0.3) is 10.2 Å². The van der Waals surface area contributed by atoms with Crippen molar-refractivity contribution in [2.45, 2.75) is 18.9 Å². The molecule has 1 aromatic rings. The van der Waals surface area contributed by atoms with Crippen molar-refractivity contribution in [2.75, 3.05) is 46.4 Å². The molecule has 6 nitrogen and oxygen atoms in total. The van der Waals surface area contributed by atoms with E-state index in [4.69, 9.17) is 4.74 Å². The van der Waals surface area contributed by atoms with Crippen LogP contribution in [0.25, 0.3) is 0 Å². The zero-order valence-electron chi connectivity index (χ0n) is 14.4. The Bertz CT molecular complexity index is 630. The molecule has 1 aliphatic heterocycles. The summed E-state index contributed by atoms with van der Waals surface area (Å²) < 4.78 is 34.9. The maximum absolute atomic E-state index is 12.7. The smallest absolute Gasteiger partial charge is 0.279 e. The molecular formula is C17H27N3O3S. The fourth-order valence-corrected chi connectivity index (χ4v) is 4.99. The van der Waals surface area contributed by atoms with E-state index in [-0.39, 0.29) is 12.0 Å². The van der Waals surface area contributed by atoms with Gasteiger partial charge in [0.15, 0.2) is 0 Å². The molecule has 1 saturated carbocycles. The first kappa shape index (κ1) is 17.8. The van der Waals surface area contributed by atoms with Crippen molar-refractivity contribution in [3.63, 3.8) is 0 Å². The molecule has 1 aliphatic carbocycles. The zero-order valence-corrected chi connectivity index (χ0v) is 15.2. The van der Waals surface area contributed by atoms with E-state index in [1.807, 2.05) is 18.2 Å². The molecule has 24 heavy (non-hydrogen) atoms. The van der Waals surface area contributed by atoms with E-state index in [9.17, 15) is 8.42 Å². The third-order valence-electron chi connectivity index (χ3n) is 5.13. The van der Waals surface area contributed by atoms with Crippen LogP contribution in [-0.2, 0) is 14.9 Å². The Morgan fingerprint density at radius 3 is 2.46 bits per heavy atom. The Balaban J connectivity index is 1.54. The molecule has 0 aromatic heterocycles. The summed E-state index contributed by atoms with van der Waals surface area (Å²) in [6.07, 6.45) is 0. The van der Waals surface area contributed by atoms with Gasteiger partial charge in [0.05, 0.1) is 6.61 Å².